The standard InChI is InChI=1S/C18H23BrN2O3/c1-5-6-15(22)21(18(2,3)4)14-11-16(23)20(17(14)24)13-9-7-12(19)8-10-13/h7-10,14H,5-6,11H2,1-4H3. The summed E-state index contributed by atoms with van der Waals surface area (Å²) in [6.45, 7) is 7.59. The highest BCUT2D eigenvalue weighted by atomic mass is 79.9. The molecule has 1 heterocycles. The van der Waals surface area contributed by atoms with Crippen molar-refractivity contribution in [2.24, 2.45) is 0 Å². The third-order valence-corrected chi connectivity index (χ3v) is 4.50. The third kappa shape index (κ3) is 3.69. The van der Waals surface area contributed by atoms with E-state index in [0.717, 1.165) is 4.47 Å². The Labute approximate surface area is 151 Å². The lowest BCUT2D eigenvalue weighted by Crippen LogP contribution is -2.54. The van der Waals surface area contributed by atoms with Crippen molar-refractivity contribution in [1.82, 2.24) is 4.90 Å². The second-order valence-electron chi connectivity index (χ2n) is 6.95. The zero-order valence-electron chi connectivity index (χ0n) is 14.5. The fraction of sp³-hybridized carbons (Fsp3) is 0.500. The maximum atomic E-state index is 12.9. The number of amides is 3. The van der Waals surface area contributed by atoms with E-state index in [1.165, 1.54) is 4.90 Å². The van der Waals surface area contributed by atoms with Crippen LogP contribution in [0.3, 0.4) is 0 Å². The highest BCUT2D eigenvalue weighted by Gasteiger charge is 2.47. The smallest absolute Gasteiger partial charge is 0.257 e. The summed E-state index contributed by atoms with van der Waals surface area (Å²) in [6.07, 6.45) is 1.10. The van der Waals surface area contributed by atoms with Crippen LogP contribution in [-0.2, 0) is 14.4 Å². The topological polar surface area (TPSA) is 57.7 Å². The van der Waals surface area contributed by atoms with E-state index in [1.54, 1.807) is 29.2 Å². The summed E-state index contributed by atoms with van der Waals surface area (Å²) in [5.74, 6) is -0.693. The van der Waals surface area contributed by atoms with Crippen molar-refractivity contribution in [3.8, 4) is 0 Å². The molecule has 1 atom stereocenters. The Morgan fingerprint density at radius 1 is 1.25 bits per heavy atom. The van der Waals surface area contributed by atoms with Crippen LogP contribution >= 0.6 is 15.9 Å². The van der Waals surface area contributed by atoms with Gasteiger partial charge in [-0.05, 0) is 51.5 Å². The largest absolute Gasteiger partial charge is 0.325 e. The van der Waals surface area contributed by atoms with Gasteiger partial charge in [0.1, 0.15) is 6.04 Å². The molecule has 1 saturated heterocycles. The van der Waals surface area contributed by atoms with Crippen LogP contribution < -0.4 is 4.90 Å². The Kier molecular flexibility index (Phi) is 5.48. The van der Waals surface area contributed by atoms with E-state index in [4.69, 9.17) is 0 Å². The molecule has 1 aliphatic rings. The number of hydrogen-bond donors (Lipinski definition) is 0. The van der Waals surface area contributed by atoms with E-state index in [-0.39, 0.29) is 24.1 Å². The molecule has 3 amide bonds. The van der Waals surface area contributed by atoms with E-state index in [0.29, 0.717) is 18.5 Å². The molecule has 6 heteroatoms. The normalized spacial score (nSPS) is 18.2. The quantitative estimate of drug-likeness (QED) is 0.734. The zero-order chi connectivity index (χ0) is 18.1. The molecule has 1 fully saturated rings. The van der Waals surface area contributed by atoms with Crippen LogP contribution in [0.25, 0.3) is 0 Å². The van der Waals surface area contributed by atoms with Crippen molar-refractivity contribution in [3.05, 3.63) is 28.7 Å². The zero-order valence-corrected chi connectivity index (χ0v) is 16.1. The summed E-state index contributed by atoms with van der Waals surface area (Å²) in [5, 5.41) is 0. The summed E-state index contributed by atoms with van der Waals surface area (Å²) < 4.78 is 0.872. The van der Waals surface area contributed by atoms with Crippen LogP contribution in [0, 0.1) is 0 Å². The minimum Gasteiger partial charge on any atom is -0.325 e. The highest BCUT2D eigenvalue weighted by Crippen LogP contribution is 2.30. The second-order valence-corrected chi connectivity index (χ2v) is 7.86. The van der Waals surface area contributed by atoms with E-state index in [1.807, 2.05) is 27.7 Å². The lowest BCUT2D eigenvalue weighted by Gasteiger charge is -2.39. The number of carbonyl (C=O) groups is 3. The molecule has 1 aromatic carbocycles. The number of anilines is 1. The van der Waals surface area contributed by atoms with Crippen molar-refractivity contribution in [1.29, 1.82) is 0 Å². The molecule has 0 spiro atoms. The van der Waals surface area contributed by atoms with Gasteiger partial charge in [0.2, 0.25) is 11.8 Å². The number of carbonyl (C=O) groups excluding carboxylic acids is 3. The second kappa shape index (κ2) is 7.05. The SMILES string of the molecule is CCCC(=O)N(C1CC(=O)N(c2ccc(Br)cc2)C1=O)C(C)(C)C. The van der Waals surface area contributed by atoms with Gasteiger partial charge in [-0.15, -0.1) is 0 Å². The molecular weight excluding hydrogens is 372 g/mol. The Morgan fingerprint density at radius 2 is 1.83 bits per heavy atom. The van der Waals surface area contributed by atoms with Crippen molar-refractivity contribution < 1.29 is 14.4 Å². The summed E-state index contributed by atoms with van der Waals surface area (Å²) in [6, 6.07) is 6.27. The van der Waals surface area contributed by atoms with E-state index in [9.17, 15) is 14.4 Å². The minimum absolute atomic E-state index is 0.0294. The lowest BCUT2D eigenvalue weighted by atomic mass is 10.0. The highest BCUT2D eigenvalue weighted by molar-refractivity contribution is 9.10. The van der Waals surface area contributed by atoms with Gasteiger partial charge < -0.3 is 4.90 Å². The third-order valence-electron chi connectivity index (χ3n) is 3.97. The van der Waals surface area contributed by atoms with Crippen LogP contribution in [0.5, 0.6) is 0 Å². The number of hydrogen-bond acceptors (Lipinski definition) is 3. The van der Waals surface area contributed by atoms with Gasteiger partial charge in [0.05, 0.1) is 12.1 Å². The first-order valence-electron chi connectivity index (χ1n) is 8.11. The molecule has 2 rings (SSSR count). The predicted molar refractivity (Wildman–Crippen MR) is 96.5 cm³/mol. The van der Waals surface area contributed by atoms with Gasteiger partial charge >= 0.3 is 0 Å². The molecule has 0 saturated carbocycles. The van der Waals surface area contributed by atoms with Gasteiger partial charge in [-0.25, -0.2) is 4.90 Å². The summed E-state index contributed by atoms with van der Waals surface area (Å²) in [7, 11) is 0. The summed E-state index contributed by atoms with van der Waals surface area (Å²) >= 11 is 3.34. The Balaban J connectivity index is 2.34. The van der Waals surface area contributed by atoms with Crippen LogP contribution in [0.4, 0.5) is 5.69 Å². The summed E-state index contributed by atoms with van der Waals surface area (Å²) in [4.78, 5) is 40.7. The number of rotatable bonds is 4. The molecule has 1 unspecified atom stereocenters. The monoisotopic (exact) mass is 394 g/mol. The molecular formula is C18H23BrN2O3. The molecule has 1 aromatic rings. The Hall–Kier alpha value is -1.69. The summed E-state index contributed by atoms with van der Waals surface area (Å²) in [5.41, 5.74) is 0.00951. The van der Waals surface area contributed by atoms with Gasteiger partial charge in [0.15, 0.2) is 0 Å². The molecule has 0 aromatic heterocycles. The molecule has 0 bridgehead atoms. The van der Waals surface area contributed by atoms with Gasteiger partial charge in [0, 0.05) is 16.4 Å². The van der Waals surface area contributed by atoms with Crippen LogP contribution in [0.2, 0.25) is 0 Å². The molecule has 0 aliphatic carbocycles. The molecule has 0 N–H and O–H groups in total. The fourth-order valence-electron chi connectivity index (χ4n) is 3.03. The minimum atomic E-state index is -0.736. The lowest BCUT2D eigenvalue weighted by molar-refractivity contribution is -0.144. The van der Waals surface area contributed by atoms with Gasteiger partial charge in [-0.2, -0.15) is 0 Å². The fourth-order valence-corrected chi connectivity index (χ4v) is 3.29. The average molecular weight is 395 g/mol. The maximum absolute atomic E-state index is 12.9. The number of benzene rings is 1. The molecule has 24 heavy (non-hydrogen) atoms. The van der Waals surface area contributed by atoms with Gasteiger partial charge in [-0.3, -0.25) is 14.4 Å². The number of halogens is 1. The number of imide groups is 1. The number of nitrogens with zero attached hydrogens (tertiary/aromatic N) is 2. The Bertz CT molecular complexity index is 649. The van der Waals surface area contributed by atoms with E-state index in [2.05, 4.69) is 15.9 Å². The van der Waals surface area contributed by atoms with Crippen molar-refractivity contribution in [2.75, 3.05) is 4.90 Å². The average Bonchev–Trinajstić information content (AvgIpc) is 2.74. The van der Waals surface area contributed by atoms with Crippen LogP contribution in [0.15, 0.2) is 28.7 Å². The molecule has 130 valence electrons. The van der Waals surface area contributed by atoms with Crippen LogP contribution in [-0.4, -0.2) is 34.2 Å². The van der Waals surface area contributed by atoms with Crippen molar-refractivity contribution in [2.45, 2.75) is 58.5 Å². The molecule has 5 nitrogen and oxygen atoms in total. The maximum Gasteiger partial charge on any atom is 0.257 e. The van der Waals surface area contributed by atoms with Gasteiger partial charge in [0.25, 0.3) is 5.91 Å². The van der Waals surface area contributed by atoms with E-state index >= 15 is 0 Å². The van der Waals surface area contributed by atoms with E-state index < -0.39 is 11.6 Å². The molecule has 0 radical (unpaired) electrons. The first-order chi connectivity index (χ1) is 11.2. The first kappa shape index (κ1) is 18.6. The Morgan fingerprint density at radius 3 is 2.33 bits per heavy atom. The predicted octanol–water partition coefficient (Wildman–Crippen LogP) is 3.51. The van der Waals surface area contributed by atoms with Crippen molar-refractivity contribution in [3.63, 3.8) is 0 Å². The first-order valence-corrected chi connectivity index (χ1v) is 8.90. The van der Waals surface area contributed by atoms with Crippen LogP contribution in [0.1, 0.15) is 47.0 Å². The van der Waals surface area contributed by atoms with Gasteiger partial charge in [-0.1, -0.05) is 22.9 Å². The van der Waals surface area contributed by atoms with Crippen molar-refractivity contribution >= 4 is 39.3 Å². The molecule has 1 aliphatic heterocycles.